The number of anilines is 2. The number of amides is 2. The maximum Gasteiger partial charge on any atom is 0.251 e. The number of piperazine rings is 1. The van der Waals surface area contributed by atoms with Gasteiger partial charge < -0.3 is 10.2 Å². The number of thiazole rings is 1. The molecule has 3 heterocycles. The van der Waals surface area contributed by atoms with Crippen molar-refractivity contribution in [1.82, 2.24) is 20.2 Å². The Morgan fingerprint density at radius 3 is 2.61 bits per heavy atom. The number of carbonyl (C=O) groups excluding carboxylic acids is 2. The van der Waals surface area contributed by atoms with E-state index in [1.54, 1.807) is 13.8 Å². The van der Waals surface area contributed by atoms with Crippen LogP contribution in [0.4, 0.5) is 10.9 Å². The largest absolute Gasteiger partial charge is 0.354 e. The zero-order valence-electron chi connectivity index (χ0n) is 16.4. The van der Waals surface area contributed by atoms with Crippen LogP contribution in [0.2, 0.25) is 0 Å². The molecule has 3 rings (SSSR count). The van der Waals surface area contributed by atoms with E-state index in [-0.39, 0.29) is 11.8 Å². The third-order valence-electron chi connectivity index (χ3n) is 4.56. The molecule has 2 N–H and O–H groups in total. The molecule has 0 aromatic carbocycles. The van der Waals surface area contributed by atoms with E-state index < -0.39 is 5.54 Å². The Balaban J connectivity index is 1.50. The molecule has 150 valence electrons. The van der Waals surface area contributed by atoms with Crippen LogP contribution in [0.1, 0.15) is 26.5 Å². The summed E-state index contributed by atoms with van der Waals surface area (Å²) in [5, 5.41) is 7.94. The molecule has 0 bridgehead atoms. The Hall–Kier alpha value is -2.52. The van der Waals surface area contributed by atoms with E-state index in [9.17, 15) is 9.59 Å². The van der Waals surface area contributed by atoms with Crippen molar-refractivity contribution in [1.29, 1.82) is 0 Å². The van der Waals surface area contributed by atoms with E-state index in [0.717, 1.165) is 44.2 Å². The molecule has 1 aliphatic heterocycles. The molecule has 0 unspecified atom stereocenters. The number of carbonyl (C=O) groups is 2. The Morgan fingerprint density at radius 1 is 1.21 bits per heavy atom. The quantitative estimate of drug-likeness (QED) is 0.765. The maximum absolute atomic E-state index is 12.4. The van der Waals surface area contributed by atoms with Crippen LogP contribution in [0, 0.1) is 0 Å². The molecule has 2 amide bonds. The van der Waals surface area contributed by atoms with Crippen LogP contribution < -0.4 is 15.5 Å². The van der Waals surface area contributed by atoms with Crippen molar-refractivity contribution < 1.29 is 9.59 Å². The second-order valence-electron chi connectivity index (χ2n) is 7.36. The molecule has 2 aromatic heterocycles. The van der Waals surface area contributed by atoms with Crippen LogP contribution in [0.25, 0.3) is 0 Å². The highest BCUT2D eigenvalue weighted by Crippen LogP contribution is 2.20. The predicted molar refractivity (Wildman–Crippen MR) is 110 cm³/mol. The van der Waals surface area contributed by atoms with Crippen LogP contribution in [-0.2, 0) is 16.1 Å². The number of pyridine rings is 1. The van der Waals surface area contributed by atoms with E-state index in [1.807, 2.05) is 29.8 Å². The molecule has 0 spiro atoms. The average molecular weight is 403 g/mol. The van der Waals surface area contributed by atoms with Crippen LogP contribution in [0.15, 0.2) is 29.8 Å². The monoisotopic (exact) mass is 402 g/mol. The SMILES string of the molecule is CC(=O)NC(C)(C)C(=O)Nc1nc(CN2CCN(c3ccccn3)CC2)cs1. The van der Waals surface area contributed by atoms with Gasteiger partial charge in [0.1, 0.15) is 11.4 Å². The third kappa shape index (κ3) is 5.26. The molecular weight excluding hydrogens is 376 g/mol. The van der Waals surface area contributed by atoms with Crippen molar-refractivity contribution >= 4 is 34.1 Å². The number of aromatic nitrogens is 2. The van der Waals surface area contributed by atoms with Gasteiger partial charge in [-0.25, -0.2) is 9.97 Å². The summed E-state index contributed by atoms with van der Waals surface area (Å²) in [4.78, 5) is 37.2. The van der Waals surface area contributed by atoms with Crippen molar-refractivity contribution in [3.05, 3.63) is 35.5 Å². The van der Waals surface area contributed by atoms with Crippen LogP contribution in [-0.4, -0.2) is 58.4 Å². The summed E-state index contributed by atoms with van der Waals surface area (Å²) in [5.41, 5.74) is -0.0525. The lowest BCUT2D eigenvalue weighted by Gasteiger charge is -2.35. The number of nitrogens with zero attached hydrogens (tertiary/aromatic N) is 4. The summed E-state index contributed by atoms with van der Waals surface area (Å²) < 4.78 is 0. The molecular formula is C19H26N6O2S. The molecule has 1 saturated heterocycles. The first-order valence-electron chi connectivity index (χ1n) is 9.26. The zero-order valence-corrected chi connectivity index (χ0v) is 17.3. The standard InChI is InChI=1S/C19H26N6O2S/c1-14(26)23-19(2,3)17(27)22-18-21-15(13-28-18)12-24-8-10-25(11-9-24)16-6-4-5-7-20-16/h4-7,13H,8-12H2,1-3H3,(H,23,26)(H,21,22,27). The molecule has 0 saturated carbocycles. The summed E-state index contributed by atoms with van der Waals surface area (Å²) in [6.45, 7) is 9.20. The van der Waals surface area contributed by atoms with E-state index in [2.05, 4.69) is 30.4 Å². The van der Waals surface area contributed by atoms with Gasteiger partial charge in [-0.2, -0.15) is 0 Å². The van der Waals surface area contributed by atoms with Crippen LogP contribution in [0.5, 0.6) is 0 Å². The Labute approximate surface area is 169 Å². The fourth-order valence-corrected chi connectivity index (χ4v) is 3.79. The second kappa shape index (κ2) is 8.66. The minimum atomic E-state index is -0.987. The predicted octanol–water partition coefficient (Wildman–Crippen LogP) is 1.71. The van der Waals surface area contributed by atoms with Gasteiger partial charge in [-0.05, 0) is 26.0 Å². The highest BCUT2D eigenvalue weighted by atomic mass is 32.1. The van der Waals surface area contributed by atoms with Gasteiger partial charge in [-0.15, -0.1) is 11.3 Å². The highest BCUT2D eigenvalue weighted by Gasteiger charge is 2.29. The summed E-state index contributed by atoms with van der Waals surface area (Å²) in [5.74, 6) is 0.486. The van der Waals surface area contributed by atoms with E-state index in [4.69, 9.17) is 0 Å². The molecule has 1 fully saturated rings. The van der Waals surface area contributed by atoms with Gasteiger partial charge in [0.05, 0.1) is 5.69 Å². The van der Waals surface area contributed by atoms with Crippen LogP contribution >= 0.6 is 11.3 Å². The minimum Gasteiger partial charge on any atom is -0.354 e. The molecule has 9 heteroatoms. The van der Waals surface area contributed by atoms with Gasteiger partial charge in [0.2, 0.25) is 5.91 Å². The van der Waals surface area contributed by atoms with Gasteiger partial charge in [0, 0.05) is 51.2 Å². The van der Waals surface area contributed by atoms with E-state index in [0.29, 0.717) is 5.13 Å². The Kier molecular flexibility index (Phi) is 6.25. The molecule has 0 atom stereocenters. The normalized spacial score (nSPS) is 15.3. The summed E-state index contributed by atoms with van der Waals surface area (Å²) in [6, 6.07) is 5.97. The van der Waals surface area contributed by atoms with Gasteiger partial charge in [0.15, 0.2) is 5.13 Å². The number of nitrogens with one attached hydrogen (secondary N) is 2. The lowest BCUT2D eigenvalue weighted by molar-refractivity contribution is -0.128. The maximum atomic E-state index is 12.4. The van der Waals surface area contributed by atoms with E-state index in [1.165, 1.54) is 18.3 Å². The third-order valence-corrected chi connectivity index (χ3v) is 5.37. The Bertz CT molecular complexity index is 815. The zero-order chi connectivity index (χ0) is 20.1. The van der Waals surface area contributed by atoms with Crippen molar-refractivity contribution in [2.45, 2.75) is 32.9 Å². The van der Waals surface area contributed by atoms with Gasteiger partial charge in [0.25, 0.3) is 5.91 Å². The van der Waals surface area contributed by atoms with Crippen molar-refractivity contribution in [3.8, 4) is 0 Å². The first-order chi connectivity index (χ1) is 13.3. The van der Waals surface area contributed by atoms with Gasteiger partial charge >= 0.3 is 0 Å². The lowest BCUT2D eigenvalue weighted by atomic mass is 10.1. The first kappa shape index (κ1) is 20.2. The average Bonchev–Trinajstić information content (AvgIpc) is 3.09. The lowest BCUT2D eigenvalue weighted by Crippen LogP contribution is -2.51. The van der Waals surface area contributed by atoms with Gasteiger partial charge in [-0.1, -0.05) is 6.07 Å². The van der Waals surface area contributed by atoms with Crippen molar-refractivity contribution in [3.63, 3.8) is 0 Å². The summed E-state index contributed by atoms with van der Waals surface area (Å²) in [6.07, 6.45) is 1.82. The first-order valence-corrected chi connectivity index (χ1v) is 10.1. The summed E-state index contributed by atoms with van der Waals surface area (Å²) in [7, 11) is 0. The van der Waals surface area contributed by atoms with E-state index >= 15 is 0 Å². The molecule has 28 heavy (non-hydrogen) atoms. The molecule has 8 nitrogen and oxygen atoms in total. The number of hydrogen-bond acceptors (Lipinski definition) is 7. The highest BCUT2D eigenvalue weighted by molar-refractivity contribution is 7.13. The van der Waals surface area contributed by atoms with Gasteiger partial charge in [-0.3, -0.25) is 19.8 Å². The topological polar surface area (TPSA) is 90.5 Å². The Morgan fingerprint density at radius 2 is 1.96 bits per heavy atom. The minimum absolute atomic E-state index is 0.246. The van der Waals surface area contributed by atoms with Crippen LogP contribution in [0.3, 0.4) is 0 Å². The fraction of sp³-hybridized carbons (Fsp3) is 0.474. The molecule has 0 aliphatic carbocycles. The number of rotatable bonds is 6. The molecule has 2 aromatic rings. The fourth-order valence-electron chi connectivity index (χ4n) is 3.09. The molecule has 1 aliphatic rings. The summed E-state index contributed by atoms with van der Waals surface area (Å²) >= 11 is 1.40. The van der Waals surface area contributed by atoms with Crippen molar-refractivity contribution in [2.24, 2.45) is 0 Å². The number of hydrogen-bond donors (Lipinski definition) is 2. The smallest absolute Gasteiger partial charge is 0.251 e. The second-order valence-corrected chi connectivity index (χ2v) is 8.21. The molecule has 0 radical (unpaired) electrons. The van der Waals surface area contributed by atoms with Crippen molar-refractivity contribution in [2.75, 3.05) is 36.4 Å².